The summed E-state index contributed by atoms with van der Waals surface area (Å²) in [6, 6.07) is 4.82. The maximum atomic E-state index is 12.0. The van der Waals surface area contributed by atoms with Crippen molar-refractivity contribution in [2.45, 2.75) is 12.5 Å². The van der Waals surface area contributed by atoms with E-state index in [0.717, 1.165) is 6.07 Å². The first-order valence-corrected chi connectivity index (χ1v) is 4.90. The molecule has 1 unspecified atom stereocenters. The molecule has 18 heavy (non-hydrogen) atoms. The molecule has 8 heteroatoms. The number of non-ortho nitro benzene ring substituents is 1. The van der Waals surface area contributed by atoms with E-state index in [9.17, 15) is 23.7 Å². The molecule has 2 N–H and O–H groups in total. The van der Waals surface area contributed by atoms with Crippen molar-refractivity contribution in [1.29, 1.82) is 0 Å². The molecule has 0 aromatic heterocycles. The number of aliphatic hydroxyl groups is 1. The van der Waals surface area contributed by atoms with Gasteiger partial charge >= 0.3 is 0 Å². The molecule has 98 valence electrons. The third kappa shape index (κ3) is 3.74. The van der Waals surface area contributed by atoms with Gasteiger partial charge in [0.2, 0.25) is 0 Å². The van der Waals surface area contributed by atoms with Crippen LogP contribution < -0.4 is 5.32 Å². The molecule has 0 bridgehead atoms. The first-order chi connectivity index (χ1) is 8.41. The van der Waals surface area contributed by atoms with Crippen molar-refractivity contribution >= 4 is 11.6 Å². The number of rotatable bonds is 5. The van der Waals surface area contributed by atoms with Crippen LogP contribution in [0.4, 0.5) is 14.5 Å². The second-order valence-corrected chi connectivity index (χ2v) is 3.42. The molecule has 0 saturated heterocycles. The summed E-state index contributed by atoms with van der Waals surface area (Å²) in [5.74, 6) is -0.765. The Balaban J connectivity index is 2.67. The highest BCUT2D eigenvalue weighted by molar-refractivity contribution is 5.94. The van der Waals surface area contributed by atoms with Crippen LogP contribution in [0, 0.1) is 10.1 Å². The molecular formula is C10H10F2N2O4. The second-order valence-electron chi connectivity index (χ2n) is 3.42. The number of alkyl halides is 2. The summed E-state index contributed by atoms with van der Waals surface area (Å²) < 4.78 is 23.9. The van der Waals surface area contributed by atoms with Crippen LogP contribution in [0.5, 0.6) is 0 Å². The Morgan fingerprint density at radius 1 is 1.50 bits per heavy atom. The fourth-order valence-corrected chi connectivity index (χ4v) is 1.15. The number of carbonyl (C=O) groups is 1. The Morgan fingerprint density at radius 3 is 2.72 bits per heavy atom. The monoisotopic (exact) mass is 260 g/mol. The lowest BCUT2D eigenvalue weighted by molar-refractivity contribution is -0.384. The summed E-state index contributed by atoms with van der Waals surface area (Å²) >= 11 is 0. The summed E-state index contributed by atoms with van der Waals surface area (Å²) in [5.41, 5.74) is -0.317. The molecule has 0 saturated carbocycles. The average molecular weight is 260 g/mol. The van der Waals surface area contributed by atoms with Crippen LogP contribution in [0.3, 0.4) is 0 Å². The number of hydrogen-bond acceptors (Lipinski definition) is 4. The van der Waals surface area contributed by atoms with Gasteiger partial charge < -0.3 is 10.4 Å². The fraction of sp³-hybridized carbons (Fsp3) is 0.300. The van der Waals surface area contributed by atoms with Gasteiger partial charge in [-0.05, 0) is 6.07 Å². The van der Waals surface area contributed by atoms with Crippen molar-refractivity contribution in [3.05, 3.63) is 39.9 Å². The molecule has 1 aromatic rings. The minimum Gasteiger partial charge on any atom is -0.385 e. The normalized spacial score (nSPS) is 12.2. The third-order valence-electron chi connectivity index (χ3n) is 2.08. The van der Waals surface area contributed by atoms with E-state index in [1.54, 1.807) is 0 Å². The molecular weight excluding hydrogens is 250 g/mol. The molecule has 0 radical (unpaired) electrons. The third-order valence-corrected chi connectivity index (χ3v) is 2.08. The number of hydrogen-bond donors (Lipinski definition) is 2. The molecule has 6 nitrogen and oxygen atoms in total. The molecule has 0 spiro atoms. The van der Waals surface area contributed by atoms with Gasteiger partial charge in [-0.2, -0.15) is 0 Å². The molecule has 1 atom stereocenters. The van der Waals surface area contributed by atoms with Crippen molar-refractivity contribution < 1.29 is 23.6 Å². The second kappa shape index (κ2) is 6.01. The maximum absolute atomic E-state index is 12.0. The summed E-state index contributed by atoms with van der Waals surface area (Å²) in [5, 5.41) is 21.3. The van der Waals surface area contributed by atoms with Gasteiger partial charge in [0, 0.05) is 24.2 Å². The van der Waals surface area contributed by atoms with E-state index in [4.69, 9.17) is 5.11 Å². The number of halogens is 2. The lowest BCUT2D eigenvalue weighted by atomic mass is 10.2. The fourth-order valence-electron chi connectivity index (χ4n) is 1.15. The zero-order chi connectivity index (χ0) is 13.7. The standard InChI is InChI=1S/C10H10F2N2O4/c11-9(12)8(15)5-13-10(16)6-2-1-3-7(4-6)14(17)18/h1-4,8-9,15H,5H2,(H,13,16). The maximum Gasteiger partial charge on any atom is 0.270 e. The molecule has 0 fully saturated rings. The zero-order valence-corrected chi connectivity index (χ0v) is 9.05. The van der Waals surface area contributed by atoms with Gasteiger partial charge in [0.1, 0.15) is 6.10 Å². The van der Waals surface area contributed by atoms with Crippen LogP contribution in [0.1, 0.15) is 10.4 Å². The molecule has 0 aliphatic carbocycles. The van der Waals surface area contributed by atoms with Crippen LogP contribution in [0.15, 0.2) is 24.3 Å². The van der Waals surface area contributed by atoms with Gasteiger partial charge in [0.05, 0.1) is 4.92 Å². The summed E-state index contributed by atoms with van der Waals surface area (Å²) in [7, 11) is 0. The van der Waals surface area contributed by atoms with Crippen molar-refractivity contribution in [3.63, 3.8) is 0 Å². The van der Waals surface area contributed by atoms with Crippen LogP contribution in [-0.4, -0.2) is 35.0 Å². The Kier molecular flexibility index (Phi) is 4.67. The highest BCUT2D eigenvalue weighted by Gasteiger charge is 2.18. The predicted octanol–water partition coefficient (Wildman–Crippen LogP) is 0.951. The zero-order valence-electron chi connectivity index (χ0n) is 9.05. The first kappa shape index (κ1) is 14.0. The molecule has 0 aliphatic heterocycles. The number of carbonyl (C=O) groups excluding carboxylic acids is 1. The molecule has 1 amide bonds. The van der Waals surface area contributed by atoms with E-state index in [1.807, 2.05) is 0 Å². The highest BCUT2D eigenvalue weighted by atomic mass is 19.3. The molecule has 1 rings (SSSR count). The van der Waals surface area contributed by atoms with Crippen molar-refractivity contribution in [1.82, 2.24) is 5.32 Å². The lowest BCUT2D eigenvalue weighted by Gasteiger charge is -2.10. The van der Waals surface area contributed by atoms with Gasteiger partial charge in [-0.3, -0.25) is 14.9 Å². The summed E-state index contributed by atoms with van der Waals surface area (Å²) in [6.07, 6.45) is -4.93. The molecule has 0 aliphatic rings. The van der Waals surface area contributed by atoms with Gasteiger partial charge in [0.25, 0.3) is 18.0 Å². The van der Waals surface area contributed by atoms with Crippen LogP contribution in [-0.2, 0) is 0 Å². The lowest BCUT2D eigenvalue weighted by Crippen LogP contribution is -2.35. The smallest absolute Gasteiger partial charge is 0.270 e. The highest BCUT2D eigenvalue weighted by Crippen LogP contribution is 2.12. The minimum absolute atomic E-state index is 0.0364. The van der Waals surface area contributed by atoms with E-state index in [2.05, 4.69) is 5.32 Å². The Hall–Kier alpha value is -2.09. The van der Waals surface area contributed by atoms with Gasteiger partial charge in [0.15, 0.2) is 0 Å². The van der Waals surface area contributed by atoms with E-state index in [1.165, 1.54) is 18.2 Å². The summed E-state index contributed by atoms with van der Waals surface area (Å²) in [4.78, 5) is 21.2. The number of nitro groups is 1. The number of amides is 1. The largest absolute Gasteiger partial charge is 0.385 e. The van der Waals surface area contributed by atoms with Crippen LogP contribution in [0.2, 0.25) is 0 Å². The average Bonchev–Trinajstić information content (AvgIpc) is 2.35. The quantitative estimate of drug-likeness (QED) is 0.609. The summed E-state index contributed by atoms with van der Waals surface area (Å²) in [6.45, 7) is -0.626. The Labute approximate surface area is 100 Å². The number of nitrogens with zero attached hydrogens (tertiary/aromatic N) is 1. The van der Waals surface area contributed by atoms with Crippen LogP contribution >= 0.6 is 0 Å². The van der Waals surface area contributed by atoms with Crippen molar-refractivity contribution in [2.75, 3.05) is 6.54 Å². The van der Waals surface area contributed by atoms with E-state index in [0.29, 0.717) is 0 Å². The first-order valence-electron chi connectivity index (χ1n) is 4.90. The number of aliphatic hydroxyl groups excluding tert-OH is 1. The van der Waals surface area contributed by atoms with Crippen molar-refractivity contribution in [3.8, 4) is 0 Å². The van der Waals surface area contributed by atoms with Gasteiger partial charge in [-0.25, -0.2) is 8.78 Å². The van der Waals surface area contributed by atoms with Gasteiger partial charge in [-0.15, -0.1) is 0 Å². The van der Waals surface area contributed by atoms with E-state index in [-0.39, 0.29) is 11.3 Å². The van der Waals surface area contributed by atoms with E-state index >= 15 is 0 Å². The minimum atomic E-state index is -2.96. The van der Waals surface area contributed by atoms with Crippen molar-refractivity contribution in [2.24, 2.45) is 0 Å². The topological polar surface area (TPSA) is 92.5 Å². The number of benzene rings is 1. The number of nitrogens with one attached hydrogen (secondary N) is 1. The van der Waals surface area contributed by atoms with Gasteiger partial charge in [-0.1, -0.05) is 6.07 Å². The number of nitro benzene ring substituents is 1. The predicted molar refractivity (Wildman–Crippen MR) is 57.4 cm³/mol. The Bertz CT molecular complexity index is 453. The SMILES string of the molecule is O=C(NCC(O)C(F)F)c1cccc([N+](=O)[O-])c1. The molecule has 1 aromatic carbocycles. The Morgan fingerprint density at radius 2 is 2.17 bits per heavy atom. The molecule has 0 heterocycles. The van der Waals surface area contributed by atoms with E-state index < -0.39 is 29.9 Å². The van der Waals surface area contributed by atoms with Crippen LogP contribution in [0.25, 0.3) is 0 Å².